The molecule has 0 radical (unpaired) electrons. The van der Waals surface area contributed by atoms with Crippen molar-refractivity contribution in [2.45, 2.75) is 45.3 Å². The van der Waals surface area contributed by atoms with E-state index in [1.165, 1.54) is 0 Å². The first-order valence-electron chi connectivity index (χ1n) is 4.99. The van der Waals surface area contributed by atoms with Gasteiger partial charge in [0.15, 0.2) is 0 Å². The topological polar surface area (TPSA) is 52.6 Å². The van der Waals surface area contributed by atoms with Crippen LogP contribution in [0.4, 0.5) is 0 Å². The fraction of sp³-hybridized carbons (Fsp3) is 0.778. The first-order chi connectivity index (χ1) is 6.60. The quantitative estimate of drug-likeness (QED) is 0.635. The number of rotatable bonds is 6. The van der Waals surface area contributed by atoms with Crippen LogP contribution in [0.2, 0.25) is 5.79 Å². The van der Waals surface area contributed by atoms with E-state index in [1.807, 2.05) is 13.8 Å². The lowest BCUT2D eigenvalue weighted by atomic mass is 10.3. The van der Waals surface area contributed by atoms with Gasteiger partial charge in [0.25, 0.3) is 11.9 Å². The normalized spacial score (nSPS) is 9.36. The zero-order valence-electron chi connectivity index (χ0n) is 9.04. The maximum Gasteiger partial charge on any atom is 0.857 e. The van der Waals surface area contributed by atoms with Crippen LogP contribution >= 0.6 is 0 Å². The average molecular weight is 216 g/mol. The van der Waals surface area contributed by atoms with Gasteiger partial charge in [0.1, 0.15) is 0 Å². The number of carbonyl (C=O) groups excluding carboxylic acids is 2. The molecule has 80 valence electrons. The molecule has 0 aromatic carbocycles. The Morgan fingerprint density at radius 3 is 1.64 bits per heavy atom. The Bertz CT molecular complexity index is 173. The maximum atomic E-state index is 11.0. The summed E-state index contributed by atoms with van der Waals surface area (Å²) >= 11 is -2.08. The minimum absolute atomic E-state index is 0.268. The summed E-state index contributed by atoms with van der Waals surface area (Å²) in [6.07, 6.45) is 2.29. The molecular formula is C9H17AlO4. The highest BCUT2D eigenvalue weighted by atomic mass is 27.2. The smallest absolute Gasteiger partial charge is 0.585 e. The maximum absolute atomic E-state index is 11.0. The molecule has 4 nitrogen and oxygen atoms in total. The molecule has 0 rings (SSSR count). The molecule has 14 heavy (non-hydrogen) atoms. The Balaban J connectivity index is 3.68. The van der Waals surface area contributed by atoms with Gasteiger partial charge in [-0.25, -0.2) is 0 Å². The molecule has 0 saturated carbocycles. The fourth-order valence-electron chi connectivity index (χ4n) is 0.920. The van der Waals surface area contributed by atoms with Gasteiger partial charge in [-0.2, -0.15) is 0 Å². The Hall–Kier alpha value is -0.528. The van der Waals surface area contributed by atoms with E-state index in [9.17, 15) is 9.59 Å². The molecule has 0 heterocycles. The van der Waals surface area contributed by atoms with Crippen LogP contribution in [0.25, 0.3) is 0 Å². The molecule has 0 aliphatic carbocycles. The van der Waals surface area contributed by atoms with Crippen molar-refractivity contribution in [1.82, 2.24) is 0 Å². The Labute approximate surface area is 89.6 Å². The summed E-state index contributed by atoms with van der Waals surface area (Å²) in [5.74, 6) is 1.15. The van der Waals surface area contributed by atoms with Crippen molar-refractivity contribution in [3.05, 3.63) is 0 Å². The molecule has 0 aliphatic rings. The molecule has 0 aliphatic heterocycles. The monoisotopic (exact) mass is 216 g/mol. The van der Waals surface area contributed by atoms with Gasteiger partial charge in [-0.1, -0.05) is 13.8 Å². The standard InChI is InChI=1S/2C4H8O2.CH3.Al/c2*1-2-3-4(5)6;;/h2*2-3H2,1H3,(H,5,6);1H3;/q;;;+2/p-2. The van der Waals surface area contributed by atoms with Gasteiger partial charge in [0, 0.05) is 12.8 Å². The molecule has 0 aromatic rings. The number of hydrogen-bond acceptors (Lipinski definition) is 4. The van der Waals surface area contributed by atoms with Gasteiger partial charge >= 0.3 is 14.8 Å². The third-order valence-electron chi connectivity index (χ3n) is 1.50. The van der Waals surface area contributed by atoms with Crippen molar-refractivity contribution in [3.63, 3.8) is 0 Å². The van der Waals surface area contributed by atoms with E-state index < -0.39 is 14.8 Å². The SMILES string of the molecule is CCCC(=O)[O][Al]([CH3])[O]C(=O)CCC. The number of carbonyl (C=O) groups is 2. The Morgan fingerprint density at radius 1 is 1.00 bits per heavy atom. The van der Waals surface area contributed by atoms with Crippen LogP contribution in [0.5, 0.6) is 0 Å². The van der Waals surface area contributed by atoms with Gasteiger partial charge in [0.2, 0.25) is 0 Å². The predicted molar refractivity (Wildman–Crippen MR) is 53.6 cm³/mol. The molecule has 0 aromatic heterocycles. The highest BCUT2D eigenvalue weighted by Crippen LogP contribution is 1.99. The van der Waals surface area contributed by atoms with Crippen LogP contribution in [0.3, 0.4) is 0 Å². The fourth-order valence-corrected chi connectivity index (χ4v) is 1.94. The number of hydrogen-bond donors (Lipinski definition) is 0. The van der Waals surface area contributed by atoms with Gasteiger partial charge in [-0.3, -0.25) is 9.59 Å². The second kappa shape index (κ2) is 7.84. The zero-order valence-corrected chi connectivity index (χ0v) is 10.2. The summed E-state index contributed by atoms with van der Waals surface area (Å²) in [5, 5.41) is 0. The van der Waals surface area contributed by atoms with E-state index in [2.05, 4.69) is 0 Å². The molecular weight excluding hydrogens is 199 g/mol. The van der Waals surface area contributed by atoms with E-state index in [0.717, 1.165) is 12.8 Å². The van der Waals surface area contributed by atoms with Crippen LogP contribution in [0, 0.1) is 0 Å². The summed E-state index contributed by atoms with van der Waals surface area (Å²) < 4.78 is 9.93. The highest BCUT2D eigenvalue weighted by Gasteiger charge is 2.28. The molecule has 0 amide bonds. The first kappa shape index (κ1) is 13.5. The summed E-state index contributed by atoms with van der Waals surface area (Å²) in [5.41, 5.74) is 0. The lowest BCUT2D eigenvalue weighted by Gasteiger charge is -2.09. The van der Waals surface area contributed by atoms with Gasteiger partial charge in [-0.15, -0.1) is 0 Å². The molecule has 0 atom stereocenters. The van der Waals surface area contributed by atoms with Crippen LogP contribution in [0.1, 0.15) is 39.5 Å². The Kier molecular flexibility index (Phi) is 7.54. The van der Waals surface area contributed by atoms with Crippen LogP contribution < -0.4 is 0 Å². The van der Waals surface area contributed by atoms with E-state index in [4.69, 9.17) is 7.58 Å². The van der Waals surface area contributed by atoms with E-state index >= 15 is 0 Å². The summed E-state index contributed by atoms with van der Waals surface area (Å²) in [6.45, 7) is 3.80. The lowest BCUT2D eigenvalue weighted by molar-refractivity contribution is -0.140. The van der Waals surface area contributed by atoms with E-state index in [-0.39, 0.29) is 11.9 Å². The third-order valence-corrected chi connectivity index (χ3v) is 2.69. The van der Waals surface area contributed by atoms with Crippen LogP contribution in [0.15, 0.2) is 0 Å². The molecule has 0 unspecified atom stereocenters. The Morgan fingerprint density at radius 2 is 1.36 bits per heavy atom. The predicted octanol–water partition coefficient (Wildman–Crippen LogP) is 1.79. The average Bonchev–Trinajstić information content (AvgIpc) is 2.03. The van der Waals surface area contributed by atoms with Gasteiger partial charge in [0.05, 0.1) is 0 Å². The molecule has 5 heteroatoms. The van der Waals surface area contributed by atoms with E-state index in [0.29, 0.717) is 12.8 Å². The van der Waals surface area contributed by atoms with Gasteiger partial charge in [-0.05, 0) is 18.6 Å². The lowest BCUT2D eigenvalue weighted by Crippen LogP contribution is -2.25. The molecule has 0 bridgehead atoms. The summed E-state index contributed by atoms with van der Waals surface area (Å²) in [7, 11) is 0. The van der Waals surface area contributed by atoms with Crippen molar-refractivity contribution in [1.29, 1.82) is 0 Å². The molecule has 0 fully saturated rings. The van der Waals surface area contributed by atoms with Crippen molar-refractivity contribution in [3.8, 4) is 0 Å². The zero-order chi connectivity index (χ0) is 11.0. The van der Waals surface area contributed by atoms with Crippen molar-refractivity contribution in [2.75, 3.05) is 0 Å². The second-order valence-electron chi connectivity index (χ2n) is 3.05. The molecule has 0 N–H and O–H groups in total. The van der Waals surface area contributed by atoms with Crippen molar-refractivity contribution in [2.24, 2.45) is 0 Å². The second-order valence-corrected chi connectivity index (χ2v) is 4.65. The highest BCUT2D eigenvalue weighted by molar-refractivity contribution is 6.47. The van der Waals surface area contributed by atoms with Crippen molar-refractivity contribution < 1.29 is 17.2 Å². The van der Waals surface area contributed by atoms with Gasteiger partial charge < -0.3 is 7.58 Å². The first-order valence-corrected chi connectivity index (χ1v) is 7.08. The largest absolute Gasteiger partial charge is 0.857 e. The minimum atomic E-state index is -2.08. The minimum Gasteiger partial charge on any atom is -0.585 e. The third kappa shape index (κ3) is 6.93. The van der Waals surface area contributed by atoms with Crippen LogP contribution in [-0.4, -0.2) is 26.8 Å². The summed E-state index contributed by atoms with van der Waals surface area (Å²) in [6, 6.07) is 0. The summed E-state index contributed by atoms with van der Waals surface area (Å²) in [4.78, 5) is 22.0. The molecule has 0 saturated heterocycles. The van der Waals surface area contributed by atoms with E-state index in [1.54, 1.807) is 5.79 Å². The van der Waals surface area contributed by atoms with Crippen LogP contribution in [-0.2, 0) is 17.2 Å². The molecule has 0 spiro atoms. The van der Waals surface area contributed by atoms with Crippen molar-refractivity contribution >= 4 is 26.8 Å².